The second-order valence-corrected chi connectivity index (χ2v) is 5.85. The summed E-state index contributed by atoms with van der Waals surface area (Å²) in [7, 11) is 1.62. The van der Waals surface area contributed by atoms with Gasteiger partial charge in [-0.2, -0.15) is 0 Å². The molecule has 0 aliphatic heterocycles. The number of amides is 1. The quantitative estimate of drug-likeness (QED) is 0.338. The maximum absolute atomic E-state index is 11.8. The van der Waals surface area contributed by atoms with E-state index in [1.807, 2.05) is 32.0 Å². The number of hydrogen-bond donors (Lipinski definition) is 3. The summed E-state index contributed by atoms with van der Waals surface area (Å²) in [6.07, 6.45) is 0. The lowest BCUT2D eigenvalue weighted by Gasteiger charge is -2.16. The SMILES string of the molecule is COc1ccc2nc(SC(C(=O)NN)C(C)C)[nH]c2c1. The Morgan fingerprint density at radius 2 is 2.25 bits per heavy atom. The molecule has 1 heterocycles. The fourth-order valence-electron chi connectivity index (χ4n) is 1.84. The third kappa shape index (κ3) is 3.05. The Bertz CT molecular complexity index is 611. The monoisotopic (exact) mass is 294 g/mol. The Labute approximate surface area is 121 Å². The fraction of sp³-hybridized carbons (Fsp3) is 0.385. The topological polar surface area (TPSA) is 93.0 Å². The largest absolute Gasteiger partial charge is 0.497 e. The zero-order valence-electron chi connectivity index (χ0n) is 11.6. The van der Waals surface area contributed by atoms with Gasteiger partial charge in [-0.25, -0.2) is 10.8 Å². The lowest BCUT2D eigenvalue weighted by Crippen LogP contribution is -2.40. The van der Waals surface area contributed by atoms with Crippen molar-refractivity contribution in [3.8, 4) is 5.75 Å². The molecule has 0 saturated heterocycles. The summed E-state index contributed by atoms with van der Waals surface area (Å²) in [5, 5.41) is 0.401. The van der Waals surface area contributed by atoms with Crippen LogP contribution in [0.1, 0.15) is 13.8 Å². The van der Waals surface area contributed by atoms with Crippen molar-refractivity contribution in [2.24, 2.45) is 11.8 Å². The predicted octanol–water partition coefficient (Wildman–Crippen LogP) is 1.68. The minimum absolute atomic E-state index is 0.145. The molecule has 4 N–H and O–H groups in total. The van der Waals surface area contributed by atoms with Crippen LogP contribution >= 0.6 is 11.8 Å². The minimum Gasteiger partial charge on any atom is -0.497 e. The first kappa shape index (κ1) is 14.7. The number of ether oxygens (including phenoxy) is 1. The number of aromatic amines is 1. The Morgan fingerprint density at radius 3 is 2.85 bits per heavy atom. The zero-order chi connectivity index (χ0) is 14.7. The molecule has 1 amide bonds. The minimum atomic E-state index is -0.289. The number of methoxy groups -OCH3 is 1. The molecule has 108 valence electrons. The van der Waals surface area contributed by atoms with Crippen molar-refractivity contribution in [3.63, 3.8) is 0 Å². The standard InChI is InChI=1S/C13H18N4O2S/c1-7(2)11(12(18)17-14)20-13-15-9-5-4-8(19-3)6-10(9)16-13/h4-7,11H,14H2,1-3H3,(H,15,16)(H,17,18). The van der Waals surface area contributed by atoms with Crippen LogP contribution in [0, 0.1) is 5.92 Å². The molecule has 1 unspecified atom stereocenters. The second kappa shape index (κ2) is 6.15. The van der Waals surface area contributed by atoms with Gasteiger partial charge in [0, 0.05) is 6.07 Å². The molecule has 2 rings (SSSR count). The molecular formula is C13H18N4O2S. The third-order valence-electron chi connectivity index (χ3n) is 2.91. The number of imidazole rings is 1. The number of rotatable bonds is 5. The van der Waals surface area contributed by atoms with E-state index < -0.39 is 0 Å². The van der Waals surface area contributed by atoms with Crippen molar-refractivity contribution >= 4 is 28.7 Å². The average Bonchev–Trinajstić information content (AvgIpc) is 2.84. The van der Waals surface area contributed by atoms with Gasteiger partial charge in [0.2, 0.25) is 5.91 Å². The summed E-state index contributed by atoms with van der Waals surface area (Å²) in [5.41, 5.74) is 3.91. The molecule has 1 atom stereocenters. The molecule has 6 nitrogen and oxygen atoms in total. The van der Waals surface area contributed by atoms with Gasteiger partial charge in [-0.15, -0.1) is 0 Å². The smallest absolute Gasteiger partial charge is 0.247 e. The molecule has 2 aromatic rings. The van der Waals surface area contributed by atoms with Crippen LogP contribution in [0.2, 0.25) is 0 Å². The first-order chi connectivity index (χ1) is 9.55. The summed E-state index contributed by atoms with van der Waals surface area (Å²) >= 11 is 1.37. The Balaban J connectivity index is 2.26. The maximum Gasteiger partial charge on any atom is 0.247 e. The van der Waals surface area contributed by atoms with E-state index in [9.17, 15) is 4.79 Å². The van der Waals surface area contributed by atoms with Gasteiger partial charge in [0.1, 0.15) is 5.75 Å². The van der Waals surface area contributed by atoms with Gasteiger partial charge in [0.05, 0.1) is 23.4 Å². The summed E-state index contributed by atoms with van der Waals surface area (Å²) in [4.78, 5) is 19.4. The van der Waals surface area contributed by atoms with Crippen molar-refractivity contribution in [3.05, 3.63) is 18.2 Å². The van der Waals surface area contributed by atoms with Gasteiger partial charge >= 0.3 is 0 Å². The van der Waals surface area contributed by atoms with E-state index in [1.165, 1.54) is 11.8 Å². The highest BCUT2D eigenvalue weighted by molar-refractivity contribution is 8.00. The molecule has 20 heavy (non-hydrogen) atoms. The molecule has 0 aliphatic rings. The number of nitrogens with zero attached hydrogens (tertiary/aromatic N) is 1. The van der Waals surface area contributed by atoms with Crippen LogP contribution < -0.4 is 16.0 Å². The lowest BCUT2D eigenvalue weighted by atomic mass is 10.1. The van der Waals surface area contributed by atoms with E-state index in [4.69, 9.17) is 10.6 Å². The molecule has 1 aromatic heterocycles. The van der Waals surface area contributed by atoms with Crippen LogP contribution in [0.3, 0.4) is 0 Å². The van der Waals surface area contributed by atoms with E-state index in [2.05, 4.69) is 15.4 Å². The molecule has 0 spiro atoms. The molecule has 0 bridgehead atoms. The molecule has 7 heteroatoms. The highest BCUT2D eigenvalue weighted by Gasteiger charge is 2.24. The number of hydrogen-bond acceptors (Lipinski definition) is 5. The van der Waals surface area contributed by atoms with Crippen LogP contribution in [-0.4, -0.2) is 28.2 Å². The maximum atomic E-state index is 11.8. The van der Waals surface area contributed by atoms with Crippen molar-refractivity contribution in [2.45, 2.75) is 24.3 Å². The third-order valence-corrected chi connectivity index (χ3v) is 4.34. The molecule has 1 aromatic carbocycles. The molecule has 0 aliphatic carbocycles. The van der Waals surface area contributed by atoms with Crippen LogP contribution in [0.4, 0.5) is 0 Å². The van der Waals surface area contributed by atoms with E-state index in [0.717, 1.165) is 16.8 Å². The van der Waals surface area contributed by atoms with Crippen molar-refractivity contribution in [1.82, 2.24) is 15.4 Å². The highest BCUT2D eigenvalue weighted by atomic mass is 32.2. The van der Waals surface area contributed by atoms with E-state index in [0.29, 0.717) is 5.16 Å². The van der Waals surface area contributed by atoms with Crippen LogP contribution in [0.5, 0.6) is 5.75 Å². The zero-order valence-corrected chi connectivity index (χ0v) is 12.5. The van der Waals surface area contributed by atoms with Crippen molar-refractivity contribution < 1.29 is 9.53 Å². The van der Waals surface area contributed by atoms with Crippen LogP contribution in [0.25, 0.3) is 11.0 Å². The normalized spacial score (nSPS) is 12.7. The van der Waals surface area contributed by atoms with E-state index in [-0.39, 0.29) is 17.1 Å². The van der Waals surface area contributed by atoms with Gasteiger partial charge < -0.3 is 9.72 Å². The number of thioether (sulfide) groups is 1. The Hall–Kier alpha value is -1.73. The van der Waals surface area contributed by atoms with Crippen LogP contribution in [-0.2, 0) is 4.79 Å². The number of hydrazine groups is 1. The Morgan fingerprint density at radius 1 is 1.50 bits per heavy atom. The summed E-state index contributed by atoms with van der Waals surface area (Å²) < 4.78 is 5.17. The average molecular weight is 294 g/mol. The second-order valence-electron chi connectivity index (χ2n) is 4.72. The van der Waals surface area contributed by atoms with Gasteiger partial charge in [-0.05, 0) is 18.1 Å². The van der Waals surface area contributed by atoms with Gasteiger partial charge in [0.25, 0.3) is 0 Å². The summed E-state index contributed by atoms with van der Waals surface area (Å²) in [6.45, 7) is 3.94. The van der Waals surface area contributed by atoms with Crippen molar-refractivity contribution in [1.29, 1.82) is 0 Å². The van der Waals surface area contributed by atoms with E-state index >= 15 is 0 Å². The lowest BCUT2D eigenvalue weighted by molar-refractivity contribution is -0.121. The summed E-state index contributed by atoms with van der Waals surface area (Å²) in [6, 6.07) is 5.60. The number of nitrogens with one attached hydrogen (secondary N) is 2. The number of benzene rings is 1. The Kier molecular flexibility index (Phi) is 4.51. The van der Waals surface area contributed by atoms with Gasteiger partial charge in [-0.3, -0.25) is 10.2 Å². The van der Waals surface area contributed by atoms with Gasteiger partial charge in [-0.1, -0.05) is 25.6 Å². The van der Waals surface area contributed by atoms with Crippen molar-refractivity contribution in [2.75, 3.05) is 7.11 Å². The first-order valence-corrected chi connectivity index (χ1v) is 7.14. The van der Waals surface area contributed by atoms with Gasteiger partial charge in [0.15, 0.2) is 5.16 Å². The molecule has 0 fully saturated rings. The molecule has 0 saturated carbocycles. The first-order valence-electron chi connectivity index (χ1n) is 6.26. The highest BCUT2D eigenvalue weighted by Crippen LogP contribution is 2.29. The van der Waals surface area contributed by atoms with E-state index in [1.54, 1.807) is 7.11 Å². The molecular weight excluding hydrogens is 276 g/mol. The summed E-state index contributed by atoms with van der Waals surface area (Å²) in [5.74, 6) is 5.92. The number of carbonyl (C=O) groups excluding carboxylic acids is 1. The fourth-order valence-corrected chi connectivity index (χ4v) is 2.85. The number of H-pyrrole nitrogens is 1. The number of fused-ring (bicyclic) bond motifs is 1. The number of nitrogens with two attached hydrogens (primary N) is 1. The number of aromatic nitrogens is 2. The predicted molar refractivity (Wildman–Crippen MR) is 79.5 cm³/mol. The molecule has 0 radical (unpaired) electrons. The van der Waals surface area contributed by atoms with Crippen LogP contribution in [0.15, 0.2) is 23.4 Å². The number of carbonyl (C=O) groups is 1.